The molecule has 0 atom stereocenters. The van der Waals surface area contributed by atoms with Gasteiger partial charge in [-0.15, -0.1) is 0 Å². The van der Waals surface area contributed by atoms with E-state index < -0.39 is 11.6 Å². The maximum Gasteiger partial charge on any atom is 0.181 e. The third kappa shape index (κ3) is 2.26. The van der Waals surface area contributed by atoms with Crippen LogP contribution in [-0.2, 0) is 13.0 Å². The predicted molar refractivity (Wildman–Crippen MR) is 72.3 cm³/mol. The fraction of sp³-hybridized carbons (Fsp3) is 0.200. The molecule has 0 saturated heterocycles. The molecule has 0 saturated carbocycles. The van der Waals surface area contributed by atoms with Crippen molar-refractivity contribution < 1.29 is 8.78 Å². The molecule has 0 spiro atoms. The first kappa shape index (κ1) is 12.0. The van der Waals surface area contributed by atoms with Gasteiger partial charge in [-0.3, -0.25) is 0 Å². The summed E-state index contributed by atoms with van der Waals surface area (Å²) < 4.78 is 26.6. The number of rotatable bonds is 3. The van der Waals surface area contributed by atoms with Crippen molar-refractivity contribution in [2.24, 2.45) is 0 Å². The van der Waals surface area contributed by atoms with E-state index in [1.807, 2.05) is 12.1 Å². The standard InChI is InChI=1S/C15H14F2N2/c16-12-5-2-6-13(14(12)17)19-9-11-4-1-3-10-7-8-18-15(10)11/h1-6,18-19H,7-9H2. The second kappa shape index (κ2) is 4.88. The minimum atomic E-state index is -0.832. The summed E-state index contributed by atoms with van der Waals surface area (Å²) in [6.45, 7) is 1.40. The summed E-state index contributed by atoms with van der Waals surface area (Å²) in [7, 11) is 0. The molecule has 0 radical (unpaired) electrons. The second-order valence-corrected chi connectivity index (χ2v) is 4.58. The van der Waals surface area contributed by atoms with Crippen LogP contribution < -0.4 is 10.6 Å². The van der Waals surface area contributed by atoms with E-state index in [2.05, 4.69) is 16.7 Å². The molecule has 0 bridgehead atoms. The van der Waals surface area contributed by atoms with Crippen LogP contribution >= 0.6 is 0 Å². The summed E-state index contributed by atoms with van der Waals surface area (Å²) in [6, 6.07) is 10.2. The van der Waals surface area contributed by atoms with Crippen molar-refractivity contribution >= 4 is 11.4 Å². The van der Waals surface area contributed by atoms with Crippen LogP contribution in [0.1, 0.15) is 11.1 Å². The van der Waals surface area contributed by atoms with E-state index in [0.29, 0.717) is 6.54 Å². The number of fused-ring (bicyclic) bond motifs is 1. The van der Waals surface area contributed by atoms with Crippen molar-refractivity contribution in [3.8, 4) is 0 Å². The Labute approximate surface area is 110 Å². The van der Waals surface area contributed by atoms with E-state index in [0.717, 1.165) is 30.3 Å². The maximum absolute atomic E-state index is 13.5. The zero-order valence-electron chi connectivity index (χ0n) is 10.3. The quantitative estimate of drug-likeness (QED) is 0.882. The van der Waals surface area contributed by atoms with E-state index in [1.165, 1.54) is 17.7 Å². The van der Waals surface area contributed by atoms with Crippen molar-refractivity contribution in [3.63, 3.8) is 0 Å². The Bertz CT molecular complexity index is 611. The number of anilines is 2. The van der Waals surface area contributed by atoms with Gasteiger partial charge in [0, 0.05) is 18.8 Å². The van der Waals surface area contributed by atoms with Gasteiger partial charge < -0.3 is 10.6 Å². The van der Waals surface area contributed by atoms with Crippen LogP contribution in [0.4, 0.5) is 20.2 Å². The molecule has 2 aromatic carbocycles. The molecule has 98 valence electrons. The fourth-order valence-corrected chi connectivity index (χ4v) is 2.39. The predicted octanol–water partition coefficient (Wildman–Crippen LogP) is 3.54. The van der Waals surface area contributed by atoms with Crippen molar-refractivity contribution in [3.05, 3.63) is 59.2 Å². The lowest BCUT2D eigenvalue weighted by atomic mass is 10.1. The molecular formula is C15H14F2N2. The molecule has 2 aromatic rings. The van der Waals surface area contributed by atoms with Crippen molar-refractivity contribution in [1.29, 1.82) is 0 Å². The summed E-state index contributed by atoms with van der Waals surface area (Å²) in [6.07, 6.45) is 1.01. The first-order chi connectivity index (χ1) is 9.25. The highest BCUT2D eigenvalue weighted by atomic mass is 19.2. The van der Waals surface area contributed by atoms with Crippen molar-refractivity contribution in [2.45, 2.75) is 13.0 Å². The number of para-hydroxylation sites is 1. The lowest BCUT2D eigenvalue weighted by molar-refractivity contribution is 0.511. The van der Waals surface area contributed by atoms with Gasteiger partial charge in [0.05, 0.1) is 5.69 Å². The van der Waals surface area contributed by atoms with Crippen LogP contribution in [0.25, 0.3) is 0 Å². The molecule has 0 amide bonds. The largest absolute Gasteiger partial charge is 0.384 e. The Balaban J connectivity index is 1.80. The summed E-state index contributed by atoms with van der Waals surface area (Å²) in [4.78, 5) is 0. The normalized spacial score (nSPS) is 12.9. The zero-order chi connectivity index (χ0) is 13.2. The van der Waals surface area contributed by atoms with Crippen LogP contribution in [0.15, 0.2) is 36.4 Å². The monoisotopic (exact) mass is 260 g/mol. The first-order valence-electron chi connectivity index (χ1n) is 6.28. The molecule has 19 heavy (non-hydrogen) atoms. The molecule has 2 N–H and O–H groups in total. The summed E-state index contributed by atoms with van der Waals surface area (Å²) in [5, 5.41) is 6.27. The molecule has 2 nitrogen and oxygen atoms in total. The molecule has 4 heteroatoms. The van der Waals surface area contributed by atoms with Crippen molar-refractivity contribution in [2.75, 3.05) is 17.2 Å². The van der Waals surface area contributed by atoms with Crippen LogP contribution in [0.3, 0.4) is 0 Å². The molecule has 0 fully saturated rings. The fourth-order valence-electron chi connectivity index (χ4n) is 2.39. The average Bonchev–Trinajstić information content (AvgIpc) is 2.89. The Morgan fingerprint density at radius 3 is 2.84 bits per heavy atom. The topological polar surface area (TPSA) is 24.1 Å². The Morgan fingerprint density at radius 1 is 1.11 bits per heavy atom. The Kier molecular flexibility index (Phi) is 3.07. The number of benzene rings is 2. The molecule has 1 aliphatic rings. The van der Waals surface area contributed by atoms with Crippen LogP contribution in [0, 0.1) is 11.6 Å². The number of hydrogen-bond donors (Lipinski definition) is 2. The van der Waals surface area contributed by atoms with Crippen LogP contribution in [0.2, 0.25) is 0 Å². The van der Waals surface area contributed by atoms with Gasteiger partial charge in [-0.25, -0.2) is 8.78 Å². The van der Waals surface area contributed by atoms with E-state index in [9.17, 15) is 8.78 Å². The van der Waals surface area contributed by atoms with E-state index in [-0.39, 0.29) is 5.69 Å². The van der Waals surface area contributed by atoms with Gasteiger partial charge >= 0.3 is 0 Å². The summed E-state index contributed by atoms with van der Waals surface area (Å²) in [5.74, 6) is -1.66. The molecule has 1 heterocycles. The SMILES string of the molecule is Fc1cccc(NCc2cccc3c2NCC3)c1F. The number of halogens is 2. The zero-order valence-corrected chi connectivity index (χ0v) is 10.3. The number of hydrogen-bond acceptors (Lipinski definition) is 2. The average molecular weight is 260 g/mol. The molecule has 0 aromatic heterocycles. The molecule has 0 unspecified atom stereocenters. The third-order valence-electron chi connectivity index (χ3n) is 3.35. The van der Waals surface area contributed by atoms with E-state index >= 15 is 0 Å². The smallest absolute Gasteiger partial charge is 0.181 e. The molecule has 1 aliphatic heterocycles. The number of nitrogens with one attached hydrogen (secondary N) is 2. The highest BCUT2D eigenvalue weighted by Gasteiger charge is 2.14. The van der Waals surface area contributed by atoms with Gasteiger partial charge in [0.1, 0.15) is 0 Å². The highest BCUT2D eigenvalue weighted by molar-refractivity contribution is 5.62. The van der Waals surface area contributed by atoms with Gasteiger partial charge in [0.2, 0.25) is 0 Å². The Morgan fingerprint density at radius 2 is 1.95 bits per heavy atom. The summed E-state index contributed by atoms with van der Waals surface area (Å²) in [5.41, 5.74) is 3.65. The lowest BCUT2D eigenvalue weighted by Gasteiger charge is -2.11. The maximum atomic E-state index is 13.5. The first-order valence-corrected chi connectivity index (χ1v) is 6.28. The minimum Gasteiger partial charge on any atom is -0.384 e. The third-order valence-corrected chi connectivity index (χ3v) is 3.35. The van der Waals surface area contributed by atoms with Crippen molar-refractivity contribution in [1.82, 2.24) is 0 Å². The molecule has 0 aliphatic carbocycles. The van der Waals surface area contributed by atoms with Crippen LogP contribution in [0.5, 0.6) is 0 Å². The lowest BCUT2D eigenvalue weighted by Crippen LogP contribution is -2.05. The van der Waals surface area contributed by atoms with E-state index in [4.69, 9.17) is 0 Å². The molecule has 3 rings (SSSR count). The van der Waals surface area contributed by atoms with Gasteiger partial charge in [0.25, 0.3) is 0 Å². The molecular weight excluding hydrogens is 246 g/mol. The Hall–Kier alpha value is -2.10. The summed E-state index contributed by atoms with van der Waals surface area (Å²) >= 11 is 0. The van der Waals surface area contributed by atoms with E-state index in [1.54, 1.807) is 0 Å². The highest BCUT2D eigenvalue weighted by Crippen LogP contribution is 2.27. The van der Waals surface area contributed by atoms with Gasteiger partial charge in [0.15, 0.2) is 11.6 Å². The van der Waals surface area contributed by atoms with Gasteiger partial charge in [-0.1, -0.05) is 24.3 Å². The van der Waals surface area contributed by atoms with Gasteiger partial charge in [-0.05, 0) is 29.7 Å². The minimum absolute atomic E-state index is 0.190. The van der Waals surface area contributed by atoms with Crippen LogP contribution in [-0.4, -0.2) is 6.54 Å². The second-order valence-electron chi connectivity index (χ2n) is 4.58. The van der Waals surface area contributed by atoms with Gasteiger partial charge in [-0.2, -0.15) is 0 Å².